The first-order chi connectivity index (χ1) is 17.4. The van der Waals surface area contributed by atoms with Gasteiger partial charge in [0.05, 0.1) is 13.7 Å². The molecule has 0 aliphatic heterocycles. The number of hydrogen-bond donors (Lipinski definition) is 2. The molecule has 0 aliphatic carbocycles. The Hall–Kier alpha value is -2.32. The second-order valence-electron chi connectivity index (χ2n) is 8.13. The Bertz CT molecular complexity index is 671. The van der Waals surface area contributed by atoms with Gasteiger partial charge in [0.25, 0.3) is 5.91 Å². The molecular formula is C28H53N3O5. The molecule has 1 aromatic rings. The summed E-state index contributed by atoms with van der Waals surface area (Å²) in [6.07, 6.45) is 4.61. The van der Waals surface area contributed by atoms with E-state index in [9.17, 15) is 9.59 Å². The molecule has 0 aromatic heterocycles. The van der Waals surface area contributed by atoms with Crippen molar-refractivity contribution in [1.82, 2.24) is 15.5 Å². The minimum absolute atomic E-state index is 0.0286. The van der Waals surface area contributed by atoms with E-state index in [0.717, 1.165) is 45.3 Å². The SMILES string of the molecule is CC.CCNC=O.CCN[C@@H](CC)CCCN(C(=O)c1ccc(OC)c(OCCCOC)c1)C(C)C. The van der Waals surface area contributed by atoms with Gasteiger partial charge in [-0.2, -0.15) is 0 Å². The third-order valence-electron chi connectivity index (χ3n) is 5.27. The Balaban J connectivity index is 0. The van der Waals surface area contributed by atoms with Crippen molar-refractivity contribution in [1.29, 1.82) is 0 Å². The smallest absolute Gasteiger partial charge is 0.254 e. The molecule has 36 heavy (non-hydrogen) atoms. The molecule has 0 heterocycles. The lowest BCUT2D eigenvalue weighted by Crippen LogP contribution is -2.38. The predicted molar refractivity (Wildman–Crippen MR) is 149 cm³/mol. The number of hydrogen-bond acceptors (Lipinski definition) is 6. The van der Waals surface area contributed by atoms with Crippen molar-refractivity contribution in [2.75, 3.05) is 47.1 Å². The van der Waals surface area contributed by atoms with E-state index in [1.165, 1.54) is 0 Å². The summed E-state index contributed by atoms with van der Waals surface area (Å²) in [6.45, 7) is 17.9. The summed E-state index contributed by atoms with van der Waals surface area (Å²) in [5, 5.41) is 5.93. The van der Waals surface area contributed by atoms with Crippen LogP contribution in [-0.4, -0.2) is 76.4 Å². The van der Waals surface area contributed by atoms with Gasteiger partial charge < -0.3 is 29.7 Å². The fraction of sp³-hybridized carbons (Fsp3) is 0.714. The summed E-state index contributed by atoms with van der Waals surface area (Å²) < 4.78 is 16.3. The third-order valence-corrected chi connectivity index (χ3v) is 5.27. The van der Waals surface area contributed by atoms with E-state index in [2.05, 4.69) is 38.3 Å². The van der Waals surface area contributed by atoms with E-state index in [1.807, 2.05) is 31.7 Å². The summed E-state index contributed by atoms with van der Waals surface area (Å²) in [5.41, 5.74) is 0.625. The summed E-state index contributed by atoms with van der Waals surface area (Å²) >= 11 is 0. The first kappa shape index (κ1) is 35.8. The molecule has 0 fully saturated rings. The highest BCUT2D eigenvalue weighted by Gasteiger charge is 2.20. The zero-order valence-corrected chi connectivity index (χ0v) is 24.3. The van der Waals surface area contributed by atoms with Crippen molar-refractivity contribution in [2.24, 2.45) is 0 Å². The Labute approximate surface area is 220 Å². The number of ether oxygens (including phenoxy) is 3. The normalized spacial score (nSPS) is 10.8. The van der Waals surface area contributed by atoms with Crippen LogP contribution in [-0.2, 0) is 9.53 Å². The lowest BCUT2D eigenvalue weighted by molar-refractivity contribution is -0.109. The summed E-state index contributed by atoms with van der Waals surface area (Å²) in [6, 6.07) is 6.05. The van der Waals surface area contributed by atoms with Gasteiger partial charge in [-0.15, -0.1) is 0 Å². The highest BCUT2D eigenvalue weighted by Crippen LogP contribution is 2.29. The molecule has 8 nitrogen and oxygen atoms in total. The number of amides is 2. The van der Waals surface area contributed by atoms with Gasteiger partial charge in [0.1, 0.15) is 0 Å². The zero-order chi connectivity index (χ0) is 27.8. The van der Waals surface area contributed by atoms with Gasteiger partial charge in [0.15, 0.2) is 11.5 Å². The van der Waals surface area contributed by atoms with Crippen LogP contribution >= 0.6 is 0 Å². The molecule has 1 aromatic carbocycles. The second-order valence-corrected chi connectivity index (χ2v) is 8.13. The molecule has 1 rings (SSSR count). The van der Waals surface area contributed by atoms with Gasteiger partial charge in [0.2, 0.25) is 6.41 Å². The van der Waals surface area contributed by atoms with Crippen molar-refractivity contribution in [2.45, 2.75) is 86.2 Å². The third kappa shape index (κ3) is 15.6. The highest BCUT2D eigenvalue weighted by atomic mass is 16.5. The number of carbonyl (C=O) groups excluding carboxylic acids is 2. The molecule has 0 bridgehead atoms. The van der Waals surface area contributed by atoms with Crippen molar-refractivity contribution in [3.05, 3.63) is 23.8 Å². The quantitative estimate of drug-likeness (QED) is 0.228. The van der Waals surface area contributed by atoms with Crippen molar-refractivity contribution < 1.29 is 23.8 Å². The fourth-order valence-corrected chi connectivity index (χ4v) is 3.40. The number of benzene rings is 1. The van der Waals surface area contributed by atoms with E-state index in [4.69, 9.17) is 14.2 Å². The Morgan fingerprint density at radius 3 is 2.19 bits per heavy atom. The van der Waals surface area contributed by atoms with Crippen molar-refractivity contribution in [3.8, 4) is 11.5 Å². The number of methoxy groups -OCH3 is 2. The van der Waals surface area contributed by atoms with Crippen LogP contribution in [0.3, 0.4) is 0 Å². The first-order valence-corrected chi connectivity index (χ1v) is 13.4. The minimum atomic E-state index is 0.0286. The maximum absolute atomic E-state index is 13.2. The van der Waals surface area contributed by atoms with Gasteiger partial charge in [-0.25, -0.2) is 0 Å². The van der Waals surface area contributed by atoms with Crippen LogP contribution in [0.1, 0.15) is 84.5 Å². The van der Waals surface area contributed by atoms with E-state index >= 15 is 0 Å². The maximum Gasteiger partial charge on any atom is 0.254 e. The molecule has 0 radical (unpaired) electrons. The summed E-state index contributed by atoms with van der Waals surface area (Å²) in [7, 11) is 3.27. The highest BCUT2D eigenvalue weighted by molar-refractivity contribution is 5.95. The number of nitrogens with one attached hydrogen (secondary N) is 2. The maximum atomic E-state index is 13.2. The molecule has 2 N–H and O–H groups in total. The van der Waals surface area contributed by atoms with Crippen LogP contribution in [0.5, 0.6) is 11.5 Å². The zero-order valence-electron chi connectivity index (χ0n) is 24.3. The largest absolute Gasteiger partial charge is 0.493 e. The predicted octanol–water partition coefficient (Wildman–Crippen LogP) is 4.91. The Kier molecular flexibility index (Phi) is 24.3. The van der Waals surface area contributed by atoms with Gasteiger partial charge in [-0.3, -0.25) is 9.59 Å². The number of rotatable bonds is 17. The average Bonchev–Trinajstić information content (AvgIpc) is 2.89. The van der Waals surface area contributed by atoms with Crippen LogP contribution in [0, 0.1) is 0 Å². The van der Waals surface area contributed by atoms with Gasteiger partial charge in [0, 0.05) is 50.9 Å². The molecular weight excluding hydrogens is 458 g/mol. The van der Waals surface area contributed by atoms with Gasteiger partial charge in [-0.1, -0.05) is 27.7 Å². The number of nitrogens with zero attached hydrogens (tertiary/aromatic N) is 1. The molecule has 0 spiro atoms. The van der Waals surface area contributed by atoms with E-state index in [0.29, 0.717) is 42.7 Å². The van der Waals surface area contributed by atoms with Crippen molar-refractivity contribution in [3.63, 3.8) is 0 Å². The molecule has 0 saturated carbocycles. The van der Waals surface area contributed by atoms with Gasteiger partial charge in [-0.05, 0) is 64.8 Å². The molecule has 1 atom stereocenters. The lowest BCUT2D eigenvalue weighted by Gasteiger charge is -2.28. The number of carbonyl (C=O) groups is 2. The topological polar surface area (TPSA) is 89.1 Å². The standard InChI is InChI=1S/C23H40N2O4.C3H7NO.C2H6/c1-7-20(24-8-2)11-9-14-25(18(3)4)23(26)19-12-13-21(28-6)22(17-19)29-16-10-15-27-5;1-2-4-3-5;1-2/h12-13,17-18,20,24H,7-11,14-16H2,1-6H3;3H,2H2,1H3,(H,4,5);1-2H3/t20-;;/m0../s1. The molecule has 0 saturated heterocycles. The molecule has 2 amide bonds. The van der Waals surface area contributed by atoms with E-state index in [-0.39, 0.29) is 11.9 Å². The van der Waals surface area contributed by atoms with Gasteiger partial charge >= 0.3 is 0 Å². The monoisotopic (exact) mass is 511 g/mol. The second kappa shape index (κ2) is 24.4. The fourth-order valence-electron chi connectivity index (χ4n) is 3.40. The van der Waals surface area contributed by atoms with E-state index in [1.54, 1.807) is 26.4 Å². The lowest BCUT2D eigenvalue weighted by atomic mass is 10.1. The van der Waals surface area contributed by atoms with Crippen molar-refractivity contribution >= 4 is 12.3 Å². The van der Waals surface area contributed by atoms with Crippen LogP contribution in [0.2, 0.25) is 0 Å². The molecule has 8 heteroatoms. The molecule has 0 unspecified atom stereocenters. The molecule has 210 valence electrons. The first-order valence-electron chi connectivity index (χ1n) is 13.4. The van der Waals surface area contributed by atoms with Crippen LogP contribution in [0.25, 0.3) is 0 Å². The Morgan fingerprint density at radius 1 is 1.03 bits per heavy atom. The molecule has 0 aliphatic rings. The van der Waals surface area contributed by atoms with Crippen LogP contribution in [0.15, 0.2) is 18.2 Å². The van der Waals surface area contributed by atoms with E-state index < -0.39 is 0 Å². The summed E-state index contributed by atoms with van der Waals surface area (Å²) in [5.74, 6) is 1.25. The van der Waals surface area contributed by atoms with Crippen LogP contribution < -0.4 is 20.1 Å². The summed E-state index contributed by atoms with van der Waals surface area (Å²) in [4.78, 5) is 24.4. The Morgan fingerprint density at radius 2 is 1.72 bits per heavy atom. The van der Waals surface area contributed by atoms with Crippen LogP contribution in [0.4, 0.5) is 0 Å². The minimum Gasteiger partial charge on any atom is -0.493 e. The average molecular weight is 512 g/mol.